The Morgan fingerprint density at radius 3 is 2.51 bits per heavy atom. The summed E-state index contributed by atoms with van der Waals surface area (Å²) in [6.45, 7) is 3.63. The Morgan fingerprint density at radius 2 is 1.81 bits per heavy atom. The van der Waals surface area contributed by atoms with Crippen LogP contribution in [-0.4, -0.2) is 24.9 Å². The second-order valence-electron chi connectivity index (χ2n) is 8.46. The molecule has 0 radical (unpaired) electrons. The lowest BCUT2D eigenvalue weighted by Crippen LogP contribution is -2.25. The van der Waals surface area contributed by atoms with Crippen LogP contribution in [0.5, 0.6) is 11.5 Å². The molecule has 0 fully saturated rings. The first-order valence-electron chi connectivity index (χ1n) is 11.6. The highest BCUT2D eigenvalue weighted by molar-refractivity contribution is 6.05. The third-order valence-electron chi connectivity index (χ3n) is 6.24. The maximum Gasteiger partial charge on any atom is 0.284 e. The molecule has 0 saturated carbocycles. The third-order valence-corrected chi connectivity index (χ3v) is 6.24. The van der Waals surface area contributed by atoms with Crippen molar-refractivity contribution in [1.82, 2.24) is 19.0 Å². The third kappa shape index (κ3) is 4.26. The molecule has 8 nitrogen and oxygen atoms in total. The number of hydrogen-bond acceptors (Lipinski definition) is 4. The number of aromatic nitrogens is 4. The summed E-state index contributed by atoms with van der Waals surface area (Å²) in [5.74, 6) is -1.39. The molecule has 188 valence electrons. The molecule has 0 aliphatic heterocycles. The molecule has 3 heterocycles. The SMILES string of the molecule is CCc1ccn2nccc(Oc3ccc(NC(=O)c4c(C)n(C)n(-c5ccc(F)cc5)c4=O)cc3F)c12. The highest BCUT2D eigenvalue weighted by atomic mass is 19.1. The zero-order valence-corrected chi connectivity index (χ0v) is 20.3. The molecule has 5 rings (SSSR count). The van der Waals surface area contributed by atoms with Crippen LogP contribution in [0.4, 0.5) is 14.5 Å². The van der Waals surface area contributed by atoms with Crippen LogP contribution >= 0.6 is 0 Å². The van der Waals surface area contributed by atoms with Crippen LogP contribution in [0, 0.1) is 18.6 Å². The number of hydrogen-bond donors (Lipinski definition) is 1. The van der Waals surface area contributed by atoms with Crippen molar-refractivity contribution < 1.29 is 18.3 Å². The molecule has 0 aliphatic carbocycles. The molecule has 37 heavy (non-hydrogen) atoms. The molecule has 5 aromatic rings. The molecule has 0 spiro atoms. The Labute approximate surface area is 210 Å². The minimum Gasteiger partial charge on any atom is -0.452 e. The predicted molar refractivity (Wildman–Crippen MR) is 135 cm³/mol. The van der Waals surface area contributed by atoms with E-state index in [-0.39, 0.29) is 17.0 Å². The lowest BCUT2D eigenvalue weighted by atomic mass is 10.2. The average Bonchev–Trinajstić information content (AvgIpc) is 3.40. The van der Waals surface area contributed by atoms with Crippen LogP contribution in [0.3, 0.4) is 0 Å². The van der Waals surface area contributed by atoms with Crippen molar-refractivity contribution in [2.75, 3.05) is 5.32 Å². The van der Waals surface area contributed by atoms with E-state index in [1.807, 2.05) is 19.2 Å². The zero-order chi connectivity index (χ0) is 26.3. The molecule has 10 heteroatoms. The Morgan fingerprint density at radius 1 is 1.05 bits per heavy atom. The van der Waals surface area contributed by atoms with E-state index in [1.165, 1.54) is 45.8 Å². The van der Waals surface area contributed by atoms with Crippen molar-refractivity contribution in [3.8, 4) is 17.2 Å². The quantitative estimate of drug-likeness (QED) is 0.353. The largest absolute Gasteiger partial charge is 0.452 e. The standard InChI is InChI=1S/C27H23F2N5O3/c1-4-17-12-14-33-25(17)23(11-13-30-33)37-22-10-7-19(15-21(22)29)31-26(35)24-16(2)32(3)34(27(24)36)20-8-5-18(28)6-9-20/h5-15H,4H2,1-3H3,(H,31,35). The number of anilines is 1. The molecular formula is C27H23F2N5O3. The van der Waals surface area contributed by atoms with Crippen molar-refractivity contribution >= 4 is 17.1 Å². The lowest BCUT2D eigenvalue weighted by Gasteiger charge is -2.11. The number of amides is 1. The number of nitrogens with zero attached hydrogens (tertiary/aromatic N) is 4. The highest BCUT2D eigenvalue weighted by Gasteiger charge is 2.23. The van der Waals surface area contributed by atoms with Gasteiger partial charge in [-0.1, -0.05) is 6.92 Å². The fourth-order valence-corrected chi connectivity index (χ4v) is 4.26. The van der Waals surface area contributed by atoms with Gasteiger partial charge in [-0.15, -0.1) is 0 Å². The van der Waals surface area contributed by atoms with Crippen LogP contribution in [0.1, 0.15) is 28.5 Å². The van der Waals surface area contributed by atoms with Crippen LogP contribution in [0.15, 0.2) is 71.8 Å². The zero-order valence-electron chi connectivity index (χ0n) is 20.3. The van der Waals surface area contributed by atoms with E-state index < -0.39 is 23.1 Å². The van der Waals surface area contributed by atoms with Crippen molar-refractivity contribution in [1.29, 1.82) is 0 Å². The molecule has 0 saturated heterocycles. The molecule has 1 amide bonds. The van der Waals surface area contributed by atoms with E-state index >= 15 is 0 Å². The molecule has 3 aromatic heterocycles. The van der Waals surface area contributed by atoms with Gasteiger partial charge in [0.2, 0.25) is 0 Å². The number of ether oxygens (including phenoxy) is 1. The monoisotopic (exact) mass is 503 g/mol. The van der Waals surface area contributed by atoms with Gasteiger partial charge in [-0.25, -0.2) is 18.0 Å². The van der Waals surface area contributed by atoms with E-state index in [0.29, 0.717) is 17.1 Å². The van der Waals surface area contributed by atoms with E-state index in [1.54, 1.807) is 30.8 Å². The van der Waals surface area contributed by atoms with E-state index in [0.717, 1.165) is 23.6 Å². The summed E-state index contributed by atoms with van der Waals surface area (Å²) in [5.41, 5.74) is 2.03. The summed E-state index contributed by atoms with van der Waals surface area (Å²) >= 11 is 0. The first-order valence-corrected chi connectivity index (χ1v) is 11.6. The number of halogens is 2. The summed E-state index contributed by atoms with van der Waals surface area (Å²) < 4.78 is 38.6. The molecule has 0 atom stereocenters. The number of carbonyl (C=O) groups is 1. The fraction of sp³-hybridized carbons (Fsp3) is 0.148. The first kappa shape index (κ1) is 24.0. The van der Waals surface area contributed by atoms with E-state index in [2.05, 4.69) is 10.4 Å². The lowest BCUT2D eigenvalue weighted by molar-refractivity contribution is 0.102. The van der Waals surface area contributed by atoms with Crippen molar-refractivity contribution in [2.24, 2.45) is 7.05 Å². The minimum absolute atomic E-state index is 0.0242. The first-order chi connectivity index (χ1) is 17.8. The topological polar surface area (TPSA) is 82.6 Å². The van der Waals surface area contributed by atoms with Crippen molar-refractivity contribution in [3.63, 3.8) is 0 Å². The predicted octanol–water partition coefficient (Wildman–Crippen LogP) is 5.02. The number of aryl methyl sites for hydroxylation is 1. The number of rotatable bonds is 6. The molecule has 2 aromatic carbocycles. The normalized spacial score (nSPS) is 11.2. The van der Waals surface area contributed by atoms with Gasteiger partial charge in [0.15, 0.2) is 17.3 Å². The Balaban J connectivity index is 1.41. The number of fused-ring (bicyclic) bond motifs is 1. The highest BCUT2D eigenvalue weighted by Crippen LogP contribution is 2.31. The van der Waals surface area contributed by atoms with Gasteiger partial charge in [-0.05, 0) is 61.4 Å². The van der Waals surface area contributed by atoms with Gasteiger partial charge in [0.25, 0.3) is 11.5 Å². The fourth-order valence-electron chi connectivity index (χ4n) is 4.26. The van der Waals surface area contributed by atoms with Crippen molar-refractivity contribution in [3.05, 3.63) is 106 Å². The second kappa shape index (κ2) is 9.38. The summed E-state index contributed by atoms with van der Waals surface area (Å²) in [4.78, 5) is 26.1. The van der Waals surface area contributed by atoms with E-state index in [4.69, 9.17) is 4.74 Å². The van der Waals surface area contributed by atoms with Gasteiger partial charge in [-0.3, -0.25) is 14.3 Å². The number of nitrogens with one attached hydrogen (secondary N) is 1. The van der Waals surface area contributed by atoms with Crippen LogP contribution in [0.2, 0.25) is 0 Å². The number of carbonyl (C=O) groups excluding carboxylic acids is 1. The van der Waals surface area contributed by atoms with Gasteiger partial charge in [0, 0.05) is 31.1 Å². The minimum atomic E-state index is -0.691. The molecule has 0 bridgehead atoms. The maximum absolute atomic E-state index is 15.0. The van der Waals surface area contributed by atoms with Gasteiger partial charge in [0.1, 0.15) is 16.9 Å². The van der Waals surface area contributed by atoms with Gasteiger partial charge in [0.05, 0.1) is 17.6 Å². The summed E-state index contributed by atoms with van der Waals surface area (Å²) in [7, 11) is 1.62. The van der Waals surface area contributed by atoms with Gasteiger partial charge >= 0.3 is 0 Å². The molecule has 0 unspecified atom stereocenters. The Hall–Kier alpha value is -4.73. The summed E-state index contributed by atoms with van der Waals surface area (Å²) in [6.07, 6.45) is 4.13. The molecular weight excluding hydrogens is 480 g/mol. The average molecular weight is 504 g/mol. The van der Waals surface area contributed by atoms with Crippen LogP contribution in [0.25, 0.3) is 11.2 Å². The van der Waals surface area contributed by atoms with Gasteiger partial charge in [-0.2, -0.15) is 5.10 Å². The molecule has 0 aliphatic rings. The maximum atomic E-state index is 15.0. The second-order valence-corrected chi connectivity index (χ2v) is 8.46. The Bertz CT molecular complexity index is 1700. The molecule has 1 N–H and O–H groups in total. The smallest absolute Gasteiger partial charge is 0.284 e. The number of benzene rings is 2. The van der Waals surface area contributed by atoms with Crippen LogP contribution < -0.4 is 15.6 Å². The van der Waals surface area contributed by atoms with E-state index in [9.17, 15) is 18.4 Å². The van der Waals surface area contributed by atoms with Crippen LogP contribution in [-0.2, 0) is 13.5 Å². The Kier molecular flexibility index (Phi) is 6.08. The summed E-state index contributed by atoms with van der Waals surface area (Å²) in [5, 5.41) is 6.83. The van der Waals surface area contributed by atoms with Crippen molar-refractivity contribution in [2.45, 2.75) is 20.3 Å². The van der Waals surface area contributed by atoms with Gasteiger partial charge < -0.3 is 10.1 Å². The summed E-state index contributed by atoms with van der Waals surface area (Å²) in [6, 6.07) is 13.0.